The number of rotatable bonds is 6. The molecular formula is C24H33N5O2S. The molecule has 0 radical (unpaired) electrons. The number of morpholine rings is 1. The fourth-order valence-corrected chi connectivity index (χ4v) is 4.11. The first kappa shape index (κ1) is 22.9. The molecule has 2 N–H and O–H groups in total. The number of hydrogen-bond donors (Lipinski definition) is 2. The van der Waals surface area contributed by atoms with Crippen LogP contribution in [0.2, 0.25) is 0 Å². The number of anilines is 2. The Morgan fingerprint density at radius 1 is 1.22 bits per heavy atom. The molecule has 2 aromatic rings. The van der Waals surface area contributed by atoms with Crippen molar-refractivity contribution in [1.82, 2.24) is 15.3 Å². The van der Waals surface area contributed by atoms with E-state index in [-0.39, 0.29) is 16.8 Å². The van der Waals surface area contributed by atoms with Crippen molar-refractivity contribution < 1.29 is 9.53 Å². The number of nitrogens with zero attached hydrogens (tertiary/aromatic N) is 3. The van der Waals surface area contributed by atoms with Crippen LogP contribution in [-0.4, -0.2) is 54.1 Å². The molecule has 0 unspecified atom stereocenters. The Balaban J connectivity index is 1.59. The summed E-state index contributed by atoms with van der Waals surface area (Å²) < 4.78 is 5.48. The van der Waals surface area contributed by atoms with Crippen molar-refractivity contribution >= 4 is 29.3 Å². The van der Waals surface area contributed by atoms with Crippen molar-refractivity contribution in [2.45, 2.75) is 56.9 Å². The number of thioether (sulfide) groups is 1. The quantitative estimate of drug-likeness (QED) is 0.661. The maximum atomic E-state index is 12.1. The molecule has 4 rings (SSSR count). The van der Waals surface area contributed by atoms with Gasteiger partial charge in [-0.15, -0.1) is 0 Å². The average molecular weight is 456 g/mol. The van der Waals surface area contributed by atoms with Crippen LogP contribution in [0.3, 0.4) is 0 Å². The Bertz CT molecular complexity index is 946. The molecule has 1 saturated carbocycles. The van der Waals surface area contributed by atoms with E-state index >= 15 is 0 Å². The van der Waals surface area contributed by atoms with E-state index in [1.165, 1.54) is 6.42 Å². The summed E-state index contributed by atoms with van der Waals surface area (Å²) >= 11 is 1.77. The van der Waals surface area contributed by atoms with E-state index in [1.54, 1.807) is 11.8 Å². The fraction of sp³-hybridized carbons (Fsp3) is 0.542. The lowest BCUT2D eigenvalue weighted by molar-refractivity contribution is 0.0985. The topological polar surface area (TPSA) is 79.4 Å². The van der Waals surface area contributed by atoms with Gasteiger partial charge in [-0.05, 0) is 70.6 Å². The molecule has 1 aromatic heterocycles. The summed E-state index contributed by atoms with van der Waals surface area (Å²) in [5, 5.41) is 5.91. The molecule has 2 aliphatic rings. The summed E-state index contributed by atoms with van der Waals surface area (Å²) in [6.07, 6.45) is 5.43. The van der Waals surface area contributed by atoms with Crippen LogP contribution in [0.15, 0.2) is 30.3 Å². The summed E-state index contributed by atoms with van der Waals surface area (Å²) in [6.45, 7) is 8.75. The van der Waals surface area contributed by atoms with Gasteiger partial charge in [0.05, 0.1) is 29.7 Å². The molecule has 1 aromatic carbocycles. The third-order valence-corrected chi connectivity index (χ3v) is 7.57. The molecule has 1 aliphatic heterocycles. The Kier molecular flexibility index (Phi) is 6.90. The predicted molar refractivity (Wildman–Crippen MR) is 131 cm³/mol. The molecule has 2 amide bonds. The van der Waals surface area contributed by atoms with Gasteiger partial charge in [-0.2, -0.15) is 11.8 Å². The number of benzene rings is 1. The molecule has 1 atom stereocenters. The Labute approximate surface area is 194 Å². The summed E-state index contributed by atoms with van der Waals surface area (Å²) in [5.74, 6) is 1.63. The van der Waals surface area contributed by atoms with Crippen LogP contribution in [0.1, 0.15) is 45.7 Å². The predicted octanol–water partition coefficient (Wildman–Crippen LogP) is 4.64. The van der Waals surface area contributed by atoms with Gasteiger partial charge in [0, 0.05) is 29.9 Å². The number of hydrogen-bond acceptors (Lipinski definition) is 6. The molecular weight excluding hydrogens is 422 g/mol. The van der Waals surface area contributed by atoms with Gasteiger partial charge in [-0.3, -0.25) is 0 Å². The molecule has 0 spiro atoms. The number of aromatic nitrogens is 2. The zero-order chi connectivity index (χ0) is 22.7. The normalized spacial score (nSPS) is 19.4. The summed E-state index contributed by atoms with van der Waals surface area (Å²) in [7, 11) is 0. The first-order valence-electron chi connectivity index (χ1n) is 11.3. The van der Waals surface area contributed by atoms with Gasteiger partial charge < -0.3 is 20.3 Å². The minimum absolute atomic E-state index is 0.136. The first-order valence-corrected chi connectivity index (χ1v) is 12.6. The third kappa shape index (κ3) is 5.18. The zero-order valence-corrected chi connectivity index (χ0v) is 20.2. The molecule has 7 nitrogen and oxygen atoms in total. The molecule has 172 valence electrons. The lowest BCUT2D eigenvalue weighted by Crippen LogP contribution is -2.44. The highest BCUT2D eigenvalue weighted by Crippen LogP contribution is 2.35. The molecule has 2 heterocycles. The van der Waals surface area contributed by atoms with Crippen LogP contribution in [0.25, 0.3) is 11.4 Å². The lowest BCUT2D eigenvalue weighted by atomic mass is 9.93. The first-order chi connectivity index (χ1) is 15.4. The fourth-order valence-electron chi connectivity index (χ4n) is 3.80. The van der Waals surface area contributed by atoms with Crippen molar-refractivity contribution in [2.24, 2.45) is 0 Å². The van der Waals surface area contributed by atoms with Gasteiger partial charge in [0.25, 0.3) is 0 Å². The molecule has 32 heavy (non-hydrogen) atoms. The molecule has 1 aliphatic carbocycles. The standard InChI is InChI=1S/C24H33N5O2S/c1-16-15-31-13-12-29(16)21-14-20(24(2,3)32-4)27-22(28-21)17-8-10-19(11-9-17)26-23(30)25-18-6-5-7-18/h8-11,14,16,18H,5-7,12-13,15H2,1-4H3,(H2,25,26,30)/t16-/m0/s1. The van der Waals surface area contributed by atoms with Gasteiger partial charge in [0.1, 0.15) is 5.82 Å². The molecule has 1 saturated heterocycles. The number of nitrogens with one attached hydrogen (secondary N) is 2. The Hall–Kier alpha value is -2.32. The Morgan fingerprint density at radius 3 is 2.59 bits per heavy atom. The second-order valence-corrected chi connectivity index (χ2v) is 10.5. The molecule has 0 bridgehead atoms. The van der Waals surface area contributed by atoms with Crippen LogP contribution >= 0.6 is 11.8 Å². The van der Waals surface area contributed by atoms with Gasteiger partial charge in [0.15, 0.2) is 5.82 Å². The highest BCUT2D eigenvalue weighted by molar-refractivity contribution is 7.99. The number of ether oxygens (including phenoxy) is 1. The summed E-state index contributed by atoms with van der Waals surface area (Å²) in [4.78, 5) is 24.3. The highest BCUT2D eigenvalue weighted by Gasteiger charge is 2.27. The van der Waals surface area contributed by atoms with E-state index < -0.39 is 0 Å². The van der Waals surface area contributed by atoms with E-state index in [9.17, 15) is 4.79 Å². The Morgan fingerprint density at radius 2 is 1.97 bits per heavy atom. The highest BCUT2D eigenvalue weighted by atomic mass is 32.2. The van der Waals surface area contributed by atoms with Crippen LogP contribution in [-0.2, 0) is 9.48 Å². The lowest BCUT2D eigenvalue weighted by Gasteiger charge is -2.35. The second-order valence-electron chi connectivity index (χ2n) is 9.07. The smallest absolute Gasteiger partial charge is 0.319 e. The summed E-state index contributed by atoms with van der Waals surface area (Å²) in [5.41, 5.74) is 2.69. The van der Waals surface area contributed by atoms with E-state index in [4.69, 9.17) is 14.7 Å². The largest absolute Gasteiger partial charge is 0.377 e. The van der Waals surface area contributed by atoms with E-state index in [2.05, 4.69) is 48.6 Å². The molecule has 8 heteroatoms. The van der Waals surface area contributed by atoms with Crippen LogP contribution in [0.4, 0.5) is 16.3 Å². The van der Waals surface area contributed by atoms with Crippen LogP contribution in [0, 0.1) is 0 Å². The number of carbonyl (C=O) groups excluding carboxylic acids is 1. The number of carbonyl (C=O) groups is 1. The van der Waals surface area contributed by atoms with Gasteiger partial charge >= 0.3 is 6.03 Å². The average Bonchev–Trinajstić information content (AvgIpc) is 2.77. The monoisotopic (exact) mass is 455 g/mol. The van der Waals surface area contributed by atoms with Gasteiger partial charge in [-0.1, -0.05) is 0 Å². The van der Waals surface area contributed by atoms with E-state index in [0.717, 1.165) is 42.1 Å². The minimum Gasteiger partial charge on any atom is -0.377 e. The van der Waals surface area contributed by atoms with E-state index in [1.807, 2.05) is 24.3 Å². The van der Waals surface area contributed by atoms with Gasteiger partial charge in [0.2, 0.25) is 0 Å². The number of amides is 2. The van der Waals surface area contributed by atoms with Crippen LogP contribution < -0.4 is 15.5 Å². The van der Waals surface area contributed by atoms with Crippen molar-refractivity contribution in [1.29, 1.82) is 0 Å². The van der Waals surface area contributed by atoms with Crippen molar-refractivity contribution in [2.75, 3.05) is 36.2 Å². The van der Waals surface area contributed by atoms with Gasteiger partial charge in [-0.25, -0.2) is 14.8 Å². The maximum absolute atomic E-state index is 12.1. The molecule has 2 fully saturated rings. The second kappa shape index (κ2) is 9.67. The minimum atomic E-state index is -0.147. The van der Waals surface area contributed by atoms with Crippen LogP contribution in [0.5, 0.6) is 0 Å². The van der Waals surface area contributed by atoms with E-state index in [0.29, 0.717) is 25.1 Å². The SMILES string of the molecule is CSC(C)(C)c1cc(N2CCOC[C@@H]2C)nc(-c2ccc(NC(=O)NC3CCC3)cc2)n1. The third-order valence-electron chi connectivity index (χ3n) is 6.34. The number of urea groups is 1. The maximum Gasteiger partial charge on any atom is 0.319 e. The summed E-state index contributed by atoms with van der Waals surface area (Å²) in [6, 6.07) is 10.3. The van der Waals surface area contributed by atoms with Crippen molar-refractivity contribution in [3.63, 3.8) is 0 Å². The van der Waals surface area contributed by atoms with Crippen molar-refractivity contribution in [3.05, 3.63) is 36.0 Å². The van der Waals surface area contributed by atoms with Crippen molar-refractivity contribution in [3.8, 4) is 11.4 Å². The zero-order valence-electron chi connectivity index (χ0n) is 19.4.